The van der Waals surface area contributed by atoms with Gasteiger partial charge in [0.15, 0.2) is 23.0 Å². The number of ether oxygens (including phenoxy) is 6. The van der Waals surface area contributed by atoms with Gasteiger partial charge in [-0.15, -0.1) is 6.58 Å². The van der Waals surface area contributed by atoms with E-state index in [0.717, 1.165) is 22.3 Å². The minimum Gasteiger partial charge on any atom is -0.493 e. The van der Waals surface area contributed by atoms with Crippen LogP contribution in [0.2, 0.25) is 0 Å². The number of aliphatic hydroxyl groups is 1. The molecule has 0 spiro atoms. The molecule has 0 bridgehead atoms. The Morgan fingerprint density at radius 1 is 0.904 bits per heavy atom. The average molecular weight is 707 g/mol. The van der Waals surface area contributed by atoms with Crippen molar-refractivity contribution in [2.45, 2.75) is 51.7 Å². The van der Waals surface area contributed by atoms with Crippen molar-refractivity contribution in [3.05, 3.63) is 137 Å². The van der Waals surface area contributed by atoms with Crippen LogP contribution in [0.1, 0.15) is 39.4 Å². The summed E-state index contributed by atoms with van der Waals surface area (Å²) in [6, 6.07) is 22.8. The first-order valence-electron chi connectivity index (χ1n) is 16.9. The van der Waals surface area contributed by atoms with Crippen molar-refractivity contribution in [1.82, 2.24) is 9.80 Å². The minimum atomic E-state index is -1.25. The van der Waals surface area contributed by atoms with Gasteiger partial charge in [0.2, 0.25) is 6.79 Å². The van der Waals surface area contributed by atoms with Crippen LogP contribution in [0.3, 0.4) is 0 Å². The van der Waals surface area contributed by atoms with E-state index in [9.17, 15) is 14.7 Å². The number of benzene rings is 4. The van der Waals surface area contributed by atoms with Gasteiger partial charge in [0.05, 0.1) is 26.4 Å². The molecule has 0 saturated heterocycles. The first-order valence-corrected chi connectivity index (χ1v) is 16.9. The SMILES string of the molecule is C=CC(O)C(c1cc(OCc2ccccc2)c(C)c2c1OCO2)N1C=CN(C(=O)OC)C(Cc2cc(C)c(OC)c(OCc3ccccc3)c2)C1=O. The van der Waals surface area contributed by atoms with Crippen LogP contribution in [0.25, 0.3) is 0 Å². The Bertz CT molecular complexity index is 1950. The zero-order valence-corrected chi connectivity index (χ0v) is 29.6. The number of methoxy groups -OCH3 is 2. The van der Waals surface area contributed by atoms with E-state index < -0.39 is 30.2 Å². The fourth-order valence-corrected chi connectivity index (χ4v) is 6.51. The molecule has 0 saturated carbocycles. The molecule has 2 amide bonds. The maximum atomic E-state index is 14.7. The molecule has 0 fully saturated rings. The molecule has 0 aromatic heterocycles. The molecule has 270 valence electrons. The third-order valence-corrected chi connectivity index (χ3v) is 9.11. The van der Waals surface area contributed by atoms with Gasteiger partial charge >= 0.3 is 6.09 Å². The van der Waals surface area contributed by atoms with Gasteiger partial charge in [-0.05, 0) is 48.2 Å². The number of carbonyl (C=O) groups is 2. The average Bonchev–Trinajstić information content (AvgIpc) is 3.67. The summed E-state index contributed by atoms with van der Waals surface area (Å²) in [5.74, 6) is 1.93. The molecule has 3 atom stereocenters. The molecule has 2 heterocycles. The first-order chi connectivity index (χ1) is 25.2. The van der Waals surface area contributed by atoms with E-state index in [0.29, 0.717) is 46.5 Å². The predicted octanol–water partition coefficient (Wildman–Crippen LogP) is 6.78. The second-order valence-corrected chi connectivity index (χ2v) is 12.5. The maximum Gasteiger partial charge on any atom is 0.414 e. The monoisotopic (exact) mass is 706 g/mol. The highest BCUT2D eigenvalue weighted by Crippen LogP contribution is 2.48. The molecular weight excluding hydrogens is 664 g/mol. The lowest BCUT2D eigenvalue weighted by Gasteiger charge is -2.40. The van der Waals surface area contributed by atoms with E-state index in [1.807, 2.05) is 86.6 Å². The second kappa shape index (κ2) is 15.9. The number of aryl methyl sites for hydroxylation is 1. The molecular formula is C41H42N2O9. The van der Waals surface area contributed by atoms with Crippen LogP contribution >= 0.6 is 0 Å². The van der Waals surface area contributed by atoms with Gasteiger partial charge in [-0.3, -0.25) is 9.69 Å². The summed E-state index contributed by atoms with van der Waals surface area (Å²) in [7, 11) is 2.83. The number of rotatable bonds is 13. The number of carbonyl (C=O) groups excluding carboxylic acids is 2. The normalized spacial score (nSPS) is 15.9. The smallest absolute Gasteiger partial charge is 0.414 e. The highest BCUT2D eigenvalue weighted by atomic mass is 16.7. The minimum absolute atomic E-state index is 0.0454. The number of aliphatic hydroxyl groups excluding tert-OH is 1. The van der Waals surface area contributed by atoms with Gasteiger partial charge in [0, 0.05) is 29.9 Å². The van der Waals surface area contributed by atoms with Gasteiger partial charge in [-0.2, -0.15) is 0 Å². The summed E-state index contributed by atoms with van der Waals surface area (Å²) in [4.78, 5) is 30.4. The number of amides is 2. The van der Waals surface area contributed by atoms with Crippen LogP contribution < -0.4 is 23.7 Å². The van der Waals surface area contributed by atoms with Crippen LogP contribution in [-0.2, 0) is 29.2 Å². The number of hydrogen-bond acceptors (Lipinski definition) is 9. The molecule has 4 aromatic carbocycles. The summed E-state index contributed by atoms with van der Waals surface area (Å²) >= 11 is 0. The lowest BCUT2D eigenvalue weighted by molar-refractivity contribution is -0.138. The van der Waals surface area contributed by atoms with Crippen LogP contribution in [0.15, 0.2) is 104 Å². The highest BCUT2D eigenvalue weighted by Gasteiger charge is 2.42. The molecule has 0 radical (unpaired) electrons. The Labute approximate surface area is 303 Å². The summed E-state index contributed by atoms with van der Waals surface area (Å²) in [5.41, 5.74) is 4.62. The van der Waals surface area contributed by atoms with Crippen LogP contribution in [0, 0.1) is 13.8 Å². The zero-order valence-electron chi connectivity index (χ0n) is 29.6. The standard InChI is InChI=1S/C41H42N2O9/c1-6-33(44)36(31-22-34(27(3)38-39(31)52-25-51-38)49-23-28-13-9-7-10-14-28)43-18-17-42(41(46)48-5)32(40(43)45)20-30-19-26(2)37(47-4)35(21-30)50-24-29-15-11-8-12-16-29/h6-19,21-22,32-33,36,44H,1,20,23-25H2,2-5H3. The fraction of sp³-hybridized carbons (Fsp3) is 0.268. The summed E-state index contributed by atoms with van der Waals surface area (Å²) < 4.78 is 35.0. The van der Waals surface area contributed by atoms with Crippen molar-refractivity contribution in [1.29, 1.82) is 0 Å². The number of hydrogen-bond donors (Lipinski definition) is 1. The molecule has 11 heteroatoms. The van der Waals surface area contributed by atoms with Gasteiger partial charge < -0.3 is 38.4 Å². The quantitative estimate of drug-likeness (QED) is 0.150. The van der Waals surface area contributed by atoms with Gasteiger partial charge in [0.1, 0.15) is 25.0 Å². The van der Waals surface area contributed by atoms with E-state index in [-0.39, 0.29) is 19.8 Å². The Morgan fingerprint density at radius 2 is 1.54 bits per heavy atom. The summed E-state index contributed by atoms with van der Waals surface area (Å²) in [6.07, 6.45) is 2.40. The maximum absolute atomic E-state index is 14.7. The van der Waals surface area contributed by atoms with Crippen molar-refractivity contribution in [2.75, 3.05) is 21.0 Å². The van der Waals surface area contributed by atoms with Crippen LogP contribution in [0.4, 0.5) is 4.79 Å². The molecule has 0 aliphatic carbocycles. The molecule has 2 aliphatic rings. The molecule has 11 nitrogen and oxygen atoms in total. The van der Waals surface area contributed by atoms with Crippen molar-refractivity contribution in [2.24, 2.45) is 0 Å². The zero-order chi connectivity index (χ0) is 36.8. The first kappa shape index (κ1) is 35.9. The third-order valence-electron chi connectivity index (χ3n) is 9.11. The van der Waals surface area contributed by atoms with E-state index in [1.54, 1.807) is 13.2 Å². The van der Waals surface area contributed by atoms with Gasteiger partial charge in [-0.25, -0.2) is 4.79 Å². The Kier molecular flexibility index (Phi) is 11.0. The Balaban J connectivity index is 1.36. The summed E-state index contributed by atoms with van der Waals surface area (Å²) in [6.45, 7) is 8.12. The lowest BCUT2D eigenvalue weighted by atomic mass is 9.93. The Morgan fingerprint density at radius 3 is 2.15 bits per heavy atom. The van der Waals surface area contributed by atoms with E-state index in [4.69, 9.17) is 28.4 Å². The number of fused-ring (bicyclic) bond motifs is 1. The van der Waals surface area contributed by atoms with Crippen LogP contribution in [0.5, 0.6) is 28.7 Å². The van der Waals surface area contributed by atoms with Crippen molar-refractivity contribution in [3.8, 4) is 28.7 Å². The number of nitrogens with zero attached hydrogens (tertiary/aromatic N) is 2. The lowest BCUT2D eigenvalue weighted by Crippen LogP contribution is -2.53. The molecule has 3 unspecified atom stereocenters. The fourth-order valence-electron chi connectivity index (χ4n) is 6.51. The van der Waals surface area contributed by atoms with E-state index in [2.05, 4.69) is 6.58 Å². The van der Waals surface area contributed by atoms with Gasteiger partial charge in [-0.1, -0.05) is 72.8 Å². The van der Waals surface area contributed by atoms with Crippen molar-refractivity contribution < 1.29 is 43.1 Å². The molecule has 4 aromatic rings. The topological polar surface area (TPSA) is 116 Å². The molecule has 1 N–H and O–H groups in total. The largest absolute Gasteiger partial charge is 0.493 e. The van der Waals surface area contributed by atoms with Crippen molar-refractivity contribution >= 4 is 12.0 Å². The van der Waals surface area contributed by atoms with E-state index in [1.165, 1.54) is 35.4 Å². The second-order valence-electron chi connectivity index (χ2n) is 12.5. The Hall–Kier alpha value is -5.94. The molecule has 52 heavy (non-hydrogen) atoms. The van der Waals surface area contributed by atoms with Gasteiger partial charge in [0.25, 0.3) is 5.91 Å². The van der Waals surface area contributed by atoms with Crippen molar-refractivity contribution in [3.63, 3.8) is 0 Å². The molecule has 6 rings (SSSR count). The summed E-state index contributed by atoms with van der Waals surface area (Å²) in [5, 5.41) is 11.5. The third kappa shape index (κ3) is 7.40. The molecule has 2 aliphatic heterocycles. The highest BCUT2D eigenvalue weighted by molar-refractivity contribution is 5.89. The van der Waals surface area contributed by atoms with E-state index >= 15 is 0 Å². The predicted molar refractivity (Wildman–Crippen MR) is 193 cm³/mol. The van der Waals surface area contributed by atoms with Crippen LogP contribution in [-0.4, -0.2) is 60.1 Å².